The third-order valence-electron chi connectivity index (χ3n) is 5.35. The van der Waals surface area contributed by atoms with E-state index in [1.165, 1.54) is 19.1 Å². The Bertz CT molecular complexity index is 1060. The lowest BCUT2D eigenvalue weighted by Crippen LogP contribution is -2.46. The first-order valence-corrected chi connectivity index (χ1v) is 11.2. The summed E-state index contributed by atoms with van der Waals surface area (Å²) in [7, 11) is 4.37. The molecule has 1 aliphatic heterocycles. The maximum absolute atomic E-state index is 12.8. The second-order valence-corrected chi connectivity index (χ2v) is 9.15. The van der Waals surface area contributed by atoms with Gasteiger partial charge >= 0.3 is 12.1 Å². The summed E-state index contributed by atoms with van der Waals surface area (Å²) in [6.07, 6.45) is -0.0203. The Morgan fingerprint density at radius 3 is 2.44 bits per heavy atom. The SMILES string of the molecule is COC(=O)[C@H]1c2ccc(OCc3ccc(OC)c(OC)c3Cl)cc2CCN1C(=O)OC(C)(C)C. The summed E-state index contributed by atoms with van der Waals surface area (Å²) in [5, 5.41) is 0.415. The van der Waals surface area contributed by atoms with Crippen LogP contribution >= 0.6 is 11.6 Å². The van der Waals surface area contributed by atoms with Crippen molar-refractivity contribution in [3.63, 3.8) is 0 Å². The Morgan fingerprint density at radius 1 is 1.09 bits per heavy atom. The number of methoxy groups -OCH3 is 3. The molecule has 0 saturated heterocycles. The Labute approximate surface area is 204 Å². The molecule has 1 atom stereocenters. The smallest absolute Gasteiger partial charge is 0.411 e. The van der Waals surface area contributed by atoms with Crippen molar-refractivity contribution in [1.29, 1.82) is 0 Å². The molecule has 3 rings (SSSR count). The number of esters is 1. The van der Waals surface area contributed by atoms with Gasteiger partial charge < -0.3 is 23.7 Å². The quantitative estimate of drug-likeness (QED) is 0.529. The van der Waals surface area contributed by atoms with Crippen molar-refractivity contribution < 1.29 is 33.3 Å². The first kappa shape index (κ1) is 25.5. The summed E-state index contributed by atoms with van der Waals surface area (Å²) < 4.78 is 27.1. The lowest BCUT2D eigenvalue weighted by atomic mass is 9.92. The number of carbonyl (C=O) groups is 2. The van der Waals surface area contributed by atoms with Gasteiger partial charge in [0.1, 0.15) is 18.0 Å². The molecule has 1 heterocycles. The third-order valence-corrected chi connectivity index (χ3v) is 5.77. The van der Waals surface area contributed by atoms with Crippen LogP contribution in [0.15, 0.2) is 30.3 Å². The van der Waals surface area contributed by atoms with E-state index in [4.69, 9.17) is 35.3 Å². The average molecular weight is 492 g/mol. The van der Waals surface area contributed by atoms with Gasteiger partial charge in [0.2, 0.25) is 0 Å². The predicted octanol–water partition coefficient (Wildman–Crippen LogP) is 4.94. The summed E-state index contributed by atoms with van der Waals surface area (Å²) in [6.45, 7) is 5.87. The summed E-state index contributed by atoms with van der Waals surface area (Å²) in [5.41, 5.74) is 1.63. The average Bonchev–Trinajstić information content (AvgIpc) is 2.80. The van der Waals surface area contributed by atoms with Crippen LogP contribution in [-0.2, 0) is 27.3 Å². The van der Waals surface area contributed by atoms with Crippen LogP contribution in [0.4, 0.5) is 4.79 Å². The Balaban J connectivity index is 1.82. The number of fused-ring (bicyclic) bond motifs is 1. The molecule has 2 aromatic rings. The Kier molecular flexibility index (Phi) is 7.82. The van der Waals surface area contributed by atoms with Gasteiger partial charge in [-0.1, -0.05) is 23.7 Å². The third kappa shape index (κ3) is 5.50. The van der Waals surface area contributed by atoms with E-state index in [2.05, 4.69) is 0 Å². The van der Waals surface area contributed by atoms with Crippen LogP contribution in [0.2, 0.25) is 5.02 Å². The topological polar surface area (TPSA) is 83.5 Å². The van der Waals surface area contributed by atoms with Gasteiger partial charge in [0.15, 0.2) is 17.5 Å². The Hall–Kier alpha value is -3.13. The first-order valence-electron chi connectivity index (χ1n) is 10.8. The molecule has 0 fully saturated rings. The zero-order valence-corrected chi connectivity index (χ0v) is 21.0. The van der Waals surface area contributed by atoms with Gasteiger partial charge in [0.25, 0.3) is 0 Å². The van der Waals surface area contributed by atoms with Crippen molar-refractivity contribution in [3.05, 3.63) is 52.0 Å². The number of amides is 1. The standard InChI is InChI=1S/C25H30ClNO7/c1-25(2,3)34-24(29)27-12-11-15-13-17(8-9-18(15)21(27)23(28)32-6)33-14-16-7-10-19(30-4)22(31-5)20(16)26/h7-10,13,21H,11-12,14H2,1-6H3/t21-/m1/s1. The maximum atomic E-state index is 12.8. The van der Waals surface area contributed by atoms with Crippen LogP contribution < -0.4 is 14.2 Å². The van der Waals surface area contributed by atoms with E-state index < -0.39 is 23.7 Å². The predicted molar refractivity (Wildman–Crippen MR) is 127 cm³/mol. The van der Waals surface area contributed by atoms with Crippen molar-refractivity contribution in [2.45, 2.75) is 45.4 Å². The van der Waals surface area contributed by atoms with Crippen LogP contribution in [-0.4, -0.2) is 50.4 Å². The fourth-order valence-electron chi connectivity index (χ4n) is 3.78. The molecular formula is C25H30ClNO7. The largest absolute Gasteiger partial charge is 0.493 e. The molecule has 2 aromatic carbocycles. The van der Waals surface area contributed by atoms with E-state index in [9.17, 15) is 9.59 Å². The molecule has 8 nitrogen and oxygen atoms in total. The zero-order valence-electron chi connectivity index (χ0n) is 20.3. The van der Waals surface area contributed by atoms with Crippen molar-refractivity contribution in [2.75, 3.05) is 27.9 Å². The zero-order chi connectivity index (χ0) is 25.0. The molecule has 184 valence electrons. The number of benzene rings is 2. The first-order chi connectivity index (χ1) is 16.1. The molecule has 0 saturated carbocycles. The summed E-state index contributed by atoms with van der Waals surface area (Å²) in [5.74, 6) is 1.06. The highest BCUT2D eigenvalue weighted by atomic mass is 35.5. The van der Waals surface area contributed by atoms with Crippen molar-refractivity contribution in [3.8, 4) is 17.2 Å². The molecule has 34 heavy (non-hydrogen) atoms. The summed E-state index contributed by atoms with van der Waals surface area (Å²) in [6, 6.07) is 8.09. The number of carbonyl (C=O) groups excluding carboxylic acids is 2. The minimum Gasteiger partial charge on any atom is -0.493 e. The molecule has 0 spiro atoms. The number of rotatable bonds is 6. The van der Waals surface area contributed by atoms with Crippen LogP contribution in [0.5, 0.6) is 17.2 Å². The highest BCUT2D eigenvalue weighted by Crippen LogP contribution is 2.38. The number of halogens is 1. The second kappa shape index (κ2) is 10.4. The molecule has 0 unspecified atom stereocenters. The van der Waals surface area contributed by atoms with Gasteiger partial charge in [-0.3, -0.25) is 4.90 Å². The van der Waals surface area contributed by atoms with E-state index in [0.717, 1.165) is 11.1 Å². The van der Waals surface area contributed by atoms with Gasteiger partial charge in [-0.25, -0.2) is 9.59 Å². The number of hydrogen-bond donors (Lipinski definition) is 0. The number of hydrogen-bond acceptors (Lipinski definition) is 7. The molecule has 0 radical (unpaired) electrons. The minimum absolute atomic E-state index is 0.211. The van der Waals surface area contributed by atoms with E-state index in [-0.39, 0.29) is 6.61 Å². The molecule has 1 amide bonds. The molecule has 9 heteroatoms. The van der Waals surface area contributed by atoms with Gasteiger partial charge in [0, 0.05) is 12.1 Å². The fraction of sp³-hybridized carbons (Fsp3) is 0.440. The van der Waals surface area contributed by atoms with E-state index in [1.54, 1.807) is 46.1 Å². The van der Waals surface area contributed by atoms with Gasteiger partial charge in [0.05, 0.1) is 26.4 Å². The molecule has 0 aromatic heterocycles. The van der Waals surface area contributed by atoms with E-state index in [0.29, 0.717) is 40.8 Å². The highest BCUT2D eigenvalue weighted by molar-refractivity contribution is 6.33. The number of ether oxygens (including phenoxy) is 5. The fourth-order valence-corrected chi connectivity index (χ4v) is 4.07. The molecular weight excluding hydrogens is 462 g/mol. The summed E-state index contributed by atoms with van der Waals surface area (Å²) in [4.78, 5) is 26.8. The monoisotopic (exact) mass is 491 g/mol. The Morgan fingerprint density at radius 2 is 1.82 bits per heavy atom. The van der Waals surface area contributed by atoms with Gasteiger partial charge in [-0.05, 0) is 56.5 Å². The molecule has 0 aliphatic carbocycles. The summed E-state index contributed by atoms with van der Waals surface area (Å²) >= 11 is 6.45. The maximum Gasteiger partial charge on any atom is 0.411 e. The molecule has 0 N–H and O–H groups in total. The second-order valence-electron chi connectivity index (χ2n) is 8.77. The van der Waals surface area contributed by atoms with Crippen molar-refractivity contribution in [2.24, 2.45) is 0 Å². The number of nitrogens with zero attached hydrogens (tertiary/aromatic N) is 1. The molecule has 0 bridgehead atoms. The van der Waals surface area contributed by atoms with Crippen LogP contribution in [0, 0.1) is 0 Å². The van der Waals surface area contributed by atoms with E-state index in [1.807, 2.05) is 12.1 Å². The lowest BCUT2D eigenvalue weighted by molar-refractivity contribution is -0.147. The lowest BCUT2D eigenvalue weighted by Gasteiger charge is -2.36. The van der Waals surface area contributed by atoms with Crippen LogP contribution in [0.3, 0.4) is 0 Å². The molecule has 1 aliphatic rings. The van der Waals surface area contributed by atoms with Crippen LogP contribution in [0.25, 0.3) is 0 Å². The van der Waals surface area contributed by atoms with Crippen LogP contribution in [0.1, 0.15) is 43.5 Å². The normalized spacial score (nSPS) is 15.3. The van der Waals surface area contributed by atoms with Crippen molar-refractivity contribution in [1.82, 2.24) is 4.90 Å². The van der Waals surface area contributed by atoms with Crippen molar-refractivity contribution >= 4 is 23.7 Å². The highest BCUT2D eigenvalue weighted by Gasteiger charge is 2.39. The van der Waals surface area contributed by atoms with Gasteiger partial charge in [-0.15, -0.1) is 0 Å². The van der Waals surface area contributed by atoms with E-state index >= 15 is 0 Å². The minimum atomic E-state index is -0.891. The van der Waals surface area contributed by atoms with Gasteiger partial charge in [-0.2, -0.15) is 0 Å².